The van der Waals surface area contributed by atoms with E-state index in [4.69, 9.17) is 14.7 Å². The molecule has 43 heavy (non-hydrogen) atoms. The highest BCUT2D eigenvalue weighted by atomic mass is 19.4. The van der Waals surface area contributed by atoms with Crippen molar-refractivity contribution in [2.24, 2.45) is 5.41 Å². The average molecular weight is 595 g/mol. The standard InChI is InChI=1S/C31H37F3N8O/c1-30(2,18-43-4)17-41(3)24-14-22(20-12-21(19-8-9-19)37-25(13-20)31(32,33)34)38-29-27(24)39-28(40-29)23-15-36-26(16-35-23)42-10-6-5-7-11-42/h12-16,19H,5-11,17-18H2,1-4H3,(H,38,39,40). The maximum Gasteiger partial charge on any atom is 0.433 e. The van der Waals surface area contributed by atoms with E-state index in [0.717, 1.165) is 56.3 Å². The lowest BCUT2D eigenvalue weighted by atomic mass is 9.94. The number of aromatic nitrogens is 6. The van der Waals surface area contributed by atoms with Crippen LogP contribution in [0, 0.1) is 5.41 Å². The fourth-order valence-electron chi connectivity index (χ4n) is 5.87. The summed E-state index contributed by atoms with van der Waals surface area (Å²) in [6.07, 6.45) is 4.09. The Morgan fingerprint density at radius 2 is 1.74 bits per heavy atom. The first-order valence-electron chi connectivity index (χ1n) is 14.8. The van der Waals surface area contributed by atoms with Gasteiger partial charge in [-0.2, -0.15) is 13.2 Å². The first kappa shape index (κ1) is 29.3. The van der Waals surface area contributed by atoms with Crippen LogP contribution in [0.5, 0.6) is 0 Å². The summed E-state index contributed by atoms with van der Waals surface area (Å²) in [6, 6.07) is 4.64. The molecule has 5 heterocycles. The van der Waals surface area contributed by atoms with Gasteiger partial charge in [0, 0.05) is 56.4 Å². The Morgan fingerprint density at radius 3 is 2.40 bits per heavy atom. The van der Waals surface area contributed by atoms with Crippen molar-refractivity contribution in [1.82, 2.24) is 29.9 Å². The van der Waals surface area contributed by atoms with Crippen molar-refractivity contribution in [3.05, 3.63) is 42.0 Å². The molecule has 9 nitrogen and oxygen atoms in total. The summed E-state index contributed by atoms with van der Waals surface area (Å²) < 4.78 is 47.0. The lowest BCUT2D eigenvalue weighted by molar-refractivity contribution is -0.141. The second kappa shape index (κ2) is 11.4. The predicted octanol–water partition coefficient (Wildman–Crippen LogP) is 6.47. The van der Waals surface area contributed by atoms with Crippen LogP contribution in [-0.2, 0) is 10.9 Å². The van der Waals surface area contributed by atoms with Gasteiger partial charge in [-0.15, -0.1) is 0 Å². The van der Waals surface area contributed by atoms with Gasteiger partial charge in [0.2, 0.25) is 0 Å². The molecule has 228 valence electrons. The van der Waals surface area contributed by atoms with Gasteiger partial charge in [-0.05, 0) is 50.3 Å². The zero-order chi connectivity index (χ0) is 30.4. The number of anilines is 2. The highest BCUT2D eigenvalue weighted by Gasteiger charge is 2.36. The number of H-pyrrole nitrogens is 1. The molecule has 2 fully saturated rings. The summed E-state index contributed by atoms with van der Waals surface area (Å²) in [4.78, 5) is 30.4. The highest BCUT2D eigenvalue weighted by Crippen LogP contribution is 2.42. The number of nitrogens with one attached hydrogen (secondary N) is 1. The third kappa shape index (κ3) is 6.43. The van der Waals surface area contributed by atoms with Crippen LogP contribution in [0.3, 0.4) is 0 Å². The molecule has 4 aromatic heterocycles. The Kier molecular flexibility index (Phi) is 7.74. The van der Waals surface area contributed by atoms with E-state index in [1.165, 1.54) is 6.42 Å². The molecular formula is C31H37F3N8O. The number of ether oxygens (including phenoxy) is 1. The number of nitrogens with zero attached hydrogens (tertiary/aromatic N) is 7. The molecule has 0 amide bonds. The summed E-state index contributed by atoms with van der Waals surface area (Å²) >= 11 is 0. The molecule has 4 aromatic rings. The first-order chi connectivity index (χ1) is 20.5. The van der Waals surface area contributed by atoms with Gasteiger partial charge in [0.1, 0.15) is 22.7 Å². The molecule has 1 aliphatic carbocycles. The second-order valence-corrected chi connectivity index (χ2v) is 12.5. The quantitative estimate of drug-likeness (QED) is 0.236. The van der Waals surface area contributed by atoms with E-state index in [2.05, 4.69) is 43.6 Å². The Balaban J connectivity index is 1.43. The minimum absolute atomic E-state index is 0.0465. The van der Waals surface area contributed by atoms with Gasteiger partial charge in [0.25, 0.3) is 0 Å². The molecule has 0 radical (unpaired) electrons. The fraction of sp³-hybridized carbons (Fsp3) is 0.516. The van der Waals surface area contributed by atoms with Gasteiger partial charge >= 0.3 is 6.18 Å². The summed E-state index contributed by atoms with van der Waals surface area (Å²) in [5.74, 6) is 1.38. The third-order valence-corrected chi connectivity index (χ3v) is 8.04. The van der Waals surface area contributed by atoms with Crippen LogP contribution >= 0.6 is 0 Å². The van der Waals surface area contributed by atoms with Gasteiger partial charge in [-0.1, -0.05) is 13.8 Å². The number of methoxy groups -OCH3 is 1. The SMILES string of the molecule is COCC(C)(C)CN(C)c1cc(-c2cc(C3CC3)nc(C(F)(F)F)c2)nc2nc(-c3cnc(N4CCCCC4)cn3)[nH]c12. The van der Waals surface area contributed by atoms with Crippen molar-refractivity contribution >= 4 is 22.7 Å². The number of alkyl halides is 3. The number of imidazole rings is 1. The van der Waals surface area contributed by atoms with E-state index >= 15 is 0 Å². The molecule has 0 aromatic carbocycles. The van der Waals surface area contributed by atoms with Crippen LogP contribution in [0.15, 0.2) is 30.6 Å². The first-order valence-corrected chi connectivity index (χ1v) is 14.8. The minimum atomic E-state index is -4.56. The smallest absolute Gasteiger partial charge is 0.384 e. The van der Waals surface area contributed by atoms with E-state index in [1.807, 2.05) is 13.1 Å². The fourth-order valence-corrected chi connectivity index (χ4v) is 5.87. The zero-order valence-electron chi connectivity index (χ0n) is 25.0. The maximum absolute atomic E-state index is 13.9. The molecular weight excluding hydrogens is 557 g/mol. The normalized spacial score (nSPS) is 16.2. The number of fused-ring (bicyclic) bond motifs is 1. The van der Waals surface area contributed by atoms with E-state index in [0.29, 0.717) is 52.8 Å². The largest absolute Gasteiger partial charge is 0.433 e. The van der Waals surface area contributed by atoms with E-state index in [9.17, 15) is 13.2 Å². The molecule has 12 heteroatoms. The number of hydrogen-bond acceptors (Lipinski definition) is 8. The lowest BCUT2D eigenvalue weighted by Crippen LogP contribution is -2.34. The second-order valence-electron chi connectivity index (χ2n) is 12.5. The predicted molar refractivity (Wildman–Crippen MR) is 160 cm³/mol. The van der Waals surface area contributed by atoms with Crippen LogP contribution in [0.4, 0.5) is 24.7 Å². The van der Waals surface area contributed by atoms with Crippen molar-refractivity contribution in [1.29, 1.82) is 0 Å². The number of piperidine rings is 1. The monoisotopic (exact) mass is 594 g/mol. The van der Waals surface area contributed by atoms with Crippen molar-refractivity contribution in [3.8, 4) is 22.8 Å². The van der Waals surface area contributed by atoms with Crippen LogP contribution in [0.2, 0.25) is 0 Å². The van der Waals surface area contributed by atoms with Crippen LogP contribution < -0.4 is 9.80 Å². The van der Waals surface area contributed by atoms with Crippen molar-refractivity contribution in [2.45, 2.75) is 58.0 Å². The van der Waals surface area contributed by atoms with Gasteiger partial charge in [0.15, 0.2) is 11.5 Å². The number of halogens is 3. The Bertz CT molecular complexity index is 1590. The molecule has 0 bridgehead atoms. The molecule has 6 rings (SSSR count). The van der Waals surface area contributed by atoms with Crippen molar-refractivity contribution < 1.29 is 17.9 Å². The molecule has 2 aliphatic rings. The van der Waals surface area contributed by atoms with Gasteiger partial charge in [0.05, 0.1) is 30.4 Å². The summed E-state index contributed by atoms with van der Waals surface area (Å²) in [5, 5.41) is 0. The summed E-state index contributed by atoms with van der Waals surface area (Å²) in [5.41, 5.74) is 2.50. The van der Waals surface area contributed by atoms with Crippen molar-refractivity contribution in [2.75, 3.05) is 50.2 Å². The average Bonchev–Trinajstić information content (AvgIpc) is 3.74. The molecule has 0 spiro atoms. The van der Waals surface area contributed by atoms with E-state index < -0.39 is 11.9 Å². The van der Waals surface area contributed by atoms with E-state index in [1.54, 1.807) is 25.6 Å². The summed E-state index contributed by atoms with van der Waals surface area (Å²) in [7, 11) is 3.62. The number of aromatic amines is 1. The third-order valence-electron chi connectivity index (χ3n) is 8.04. The molecule has 1 saturated carbocycles. The van der Waals surface area contributed by atoms with Crippen LogP contribution in [0.1, 0.15) is 63.3 Å². The Morgan fingerprint density at radius 1 is 0.977 bits per heavy atom. The minimum Gasteiger partial charge on any atom is -0.384 e. The van der Waals surface area contributed by atoms with Gasteiger partial charge < -0.3 is 19.5 Å². The van der Waals surface area contributed by atoms with E-state index in [-0.39, 0.29) is 11.3 Å². The number of rotatable bonds is 9. The molecule has 0 unspecified atom stereocenters. The maximum atomic E-state index is 13.9. The molecule has 0 atom stereocenters. The number of pyridine rings is 2. The molecule has 1 saturated heterocycles. The van der Waals surface area contributed by atoms with Crippen LogP contribution in [-0.4, -0.2) is 70.3 Å². The molecule has 1 N–H and O–H groups in total. The topological polar surface area (TPSA) is 95.9 Å². The van der Waals surface area contributed by atoms with Gasteiger partial charge in [-0.25, -0.2) is 24.9 Å². The Labute approximate surface area is 248 Å². The Hall–Kier alpha value is -3.80. The van der Waals surface area contributed by atoms with Gasteiger partial charge in [-0.3, -0.25) is 0 Å². The molecule has 1 aliphatic heterocycles. The number of hydrogen-bond donors (Lipinski definition) is 1. The van der Waals surface area contributed by atoms with Crippen LogP contribution in [0.25, 0.3) is 33.9 Å². The van der Waals surface area contributed by atoms with Crippen molar-refractivity contribution in [3.63, 3.8) is 0 Å². The zero-order valence-corrected chi connectivity index (χ0v) is 25.0. The summed E-state index contributed by atoms with van der Waals surface area (Å²) in [6.45, 7) is 7.29. The highest BCUT2D eigenvalue weighted by molar-refractivity contribution is 5.91. The lowest BCUT2D eigenvalue weighted by Gasteiger charge is -2.31.